The Kier molecular flexibility index (Phi) is 4.99. The van der Waals surface area contributed by atoms with Crippen molar-refractivity contribution in [2.24, 2.45) is 0 Å². The number of nitrogens with one attached hydrogen (secondary N) is 1. The Morgan fingerprint density at radius 2 is 2.13 bits per heavy atom. The Morgan fingerprint density at radius 3 is 2.78 bits per heavy atom. The van der Waals surface area contributed by atoms with Gasteiger partial charge in [-0.2, -0.15) is 0 Å². The third kappa shape index (κ3) is 4.07. The van der Waals surface area contributed by atoms with Gasteiger partial charge in [-0.15, -0.1) is 0 Å². The first-order valence-corrected chi connectivity index (χ1v) is 7.16. The monoisotopic (exact) mass is 326 g/mol. The number of carboxylic acids is 1. The van der Waals surface area contributed by atoms with Crippen molar-refractivity contribution in [3.8, 4) is 0 Å². The van der Waals surface area contributed by atoms with E-state index in [-0.39, 0.29) is 19.3 Å². The van der Waals surface area contributed by atoms with Crippen LogP contribution in [0.25, 0.3) is 0 Å². The number of hydrogen-bond acceptors (Lipinski definition) is 6. The molecule has 0 bridgehead atoms. The van der Waals surface area contributed by atoms with Gasteiger partial charge in [0, 0.05) is 18.2 Å². The minimum atomic E-state index is -1.08. The lowest BCUT2D eigenvalue weighted by Crippen LogP contribution is -2.33. The summed E-state index contributed by atoms with van der Waals surface area (Å²) in [4.78, 5) is 47.5. The smallest absolute Gasteiger partial charge is 0.330 e. The number of carboxylic acid groups (broad SMARTS) is 1. The molecule has 1 aliphatic heterocycles. The van der Waals surface area contributed by atoms with Crippen LogP contribution in [-0.4, -0.2) is 38.8 Å². The molecule has 126 valence electrons. The molecule has 3 atom stereocenters. The molecule has 0 amide bonds. The molecule has 1 aromatic heterocycles. The number of rotatable bonds is 5. The van der Waals surface area contributed by atoms with Crippen LogP contribution in [0.1, 0.15) is 38.0 Å². The summed E-state index contributed by atoms with van der Waals surface area (Å²) in [7, 11) is 0. The maximum Gasteiger partial charge on any atom is 0.330 e. The van der Waals surface area contributed by atoms with E-state index in [1.165, 1.54) is 10.8 Å². The van der Waals surface area contributed by atoms with Gasteiger partial charge in [-0.25, -0.2) is 4.79 Å². The largest absolute Gasteiger partial charge is 0.481 e. The summed E-state index contributed by atoms with van der Waals surface area (Å²) in [5.41, 5.74) is -0.702. The summed E-state index contributed by atoms with van der Waals surface area (Å²) in [5, 5.41) is 8.55. The molecule has 23 heavy (non-hydrogen) atoms. The molecule has 1 fully saturated rings. The molecule has 2 rings (SSSR count). The summed E-state index contributed by atoms with van der Waals surface area (Å²) in [6, 6.07) is 0. The van der Waals surface area contributed by atoms with E-state index in [4.69, 9.17) is 14.6 Å². The molecule has 3 unspecified atom stereocenters. The summed E-state index contributed by atoms with van der Waals surface area (Å²) in [6.07, 6.45) is -0.582. The van der Waals surface area contributed by atoms with Gasteiger partial charge in [-0.1, -0.05) is 0 Å². The highest BCUT2D eigenvalue weighted by Gasteiger charge is 2.36. The number of hydrogen-bond donors (Lipinski definition) is 2. The highest BCUT2D eigenvalue weighted by Crippen LogP contribution is 2.29. The molecule has 0 saturated carbocycles. The number of carbonyl (C=O) groups is 2. The predicted molar refractivity (Wildman–Crippen MR) is 77.0 cm³/mol. The fourth-order valence-electron chi connectivity index (χ4n) is 2.34. The average Bonchev–Trinajstić information content (AvgIpc) is 2.81. The standard InChI is InChI=1S/C14H18N2O7/c1-7-6-16(14(21)15-13(7)20)10-5-9(8(2)22-10)23-12(19)4-3-11(17)18/h6,8-10H,3-5H2,1-2H3,(H,17,18)(H,15,20,21). The van der Waals surface area contributed by atoms with Crippen LogP contribution in [0.5, 0.6) is 0 Å². The maximum atomic E-state index is 11.8. The van der Waals surface area contributed by atoms with E-state index in [9.17, 15) is 19.2 Å². The van der Waals surface area contributed by atoms with Crippen LogP contribution >= 0.6 is 0 Å². The number of carbonyl (C=O) groups excluding carboxylic acids is 1. The van der Waals surface area contributed by atoms with Crippen LogP contribution in [0.15, 0.2) is 15.8 Å². The molecule has 2 N–H and O–H groups in total. The quantitative estimate of drug-likeness (QED) is 0.725. The van der Waals surface area contributed by atoms with E-state index >= 15 is 0 Å². The number of nitrogens with zero attached hydrogens (tertiary/aromatic N) is 1. The first-order chi connectivity index (χ1) is 10.8. The first-order valence-electron chi connectivity index (χ1n) is 7.16. The molecule has 0 aliphatic carbocycles. The van der Waals surface area contributed by atoms with Crippen molar-refractivity contribution in [3.63, 3.8) is 0 Å². The number of aromatic amines is 1. The van der Waals surface area contributed by atoms with Crippen LogP contribution in [0, 0.1) is 6.92 Å². The third-order valence-corrected chi connectivity index (χ3v) is 3.61. The third-order valence-electron chi connectivity index (χ3n) is 3.61. The van der Waals surface area contributed by atoms with Crippen molar-refractivity contribution in [1.82, 2.24) is 9.55 Å². The molecule has 1 aliphatic rings. The molecular weight excluding hydrogens is 308 g/mol. The number of ether oxygens (including phenoxy) is 2. The molecule has 1 saturated heterocycles. The van der Waals surface area contributed by atoms with Crippen LogP contribution in [0.3, 0.4) is 0 Å². The van der Waals surface area contributed by atoms with Crippen molar-refractivity contribution in [1.29, 1.82) is 0 Å². The average molecular weight is 326 g/mol. The van der Waals surface area contributed by atoms with E-state index in [1.807, 2.05) is 0 Å². The lowest BCUT2D eigenvalue weighted by molar-refractivity contribution is -0.154. The number of H-pyrrole nitrogens is 1. The van der Waals surface area contributed by atoms with Crippen molar-refractivity contribution in [3.05, 3.63) is 32.6 Å². The zero-order chi connectivity index (χ0) is 17.1. The highest BCUT2D eigenvalue weighted by molar-refractivity contribution is 5.76. The highest BCUT2D eigenvalue weighted by atomic mass is 16.6. The molecule has 9 nitrogen and oxygen atoms in total. The second kappa shape index (κ2) is 6.78. The second-order valence-electron chi connectivity index (χ2n) is 5.43. The van der Waals surface area contributed by atoms with Crippen molar-refractivity contribution in [2.75, 3.05) is 0 Å². The SMILES string of the molecule is Cc1cn(C2CC(OC(=O)CCC(=O)O)C(C)O2)c(=O)[nH]c1=O. The Morgan fingerprint density at radius 1 is 1.43 bits per heavy atom. The van der Waals surface area contributed by atoms with Gasteiger partial charge in [0.15, 0.2) is 0 Å². The molecule has 0 spiro atoms. The summed E-state index contributed by atoms with van der Waals surface area (Å²) in [5.74, 6) is -1.70. The van der Waals surface area contributed by atoms with Crippen molar-refractivity contribution < 1.29 is 24.2 Å². The molecular formula is C14H18N2O7. The number of aromatic nitrogens is 2. The second-order valence-corrected chi connectivity index (χ2v) is 5.43. The maximum absolute atomic E-state index is 11.8. The van der Waals surface area contributed by atoms with Gasteiger partial charge in [0.25, 0.3) is 5.56 Å². The van der Waals surface area contributed by atoms with Crippen molar-refractivity contribution >= 4 is 11.9 Å². The van der Waals surface area contributed by atoms with Gasteiger partial charge in [0.05, 0.1) is 18.9 Å². The van der Waals surface area contributed by atoms with E-state index in [0.717, 1.165) is 0 Å². The summed E-state index contributed by atoms with van der Waals surface area (Å²) < 4.78 is 12.1. The first kappa shape index (κ1) is 16.9. The summed E-state index contributed by atoms with van der Waals surface area (Å²) >= 11 is 0. The Balaban J connectivity index is 2.05. The van der Waals surface area contributed by atoms with Gasteiger partial charge in [0.1, 0.15) is 12.3 Å². The van der Waals surface area contributed by atoms with E-state index in [2.05, 4.69) is 4.98 Å². The lowest BCUT2D eigenvalue weighted by atomic mass is 10.2. The van der Waals surface area contributed by atoms with E-state index < -0.39 is 41.6 Å². The Bertz CT molecular complexity index is 721. The van der Waals surface area contributed by atoms with Gasteiger partial charge in [-0.05, 0) is 13.8 Å². The Labute approximate surface area is 130 Å². The van der Waals surface area contributed by atoms with Gasteiger partial charge in [0.2, 0.25) is 0 Å². The fraction of sp³-hybridized carbons (Fsp3) is 0.571. The van der Waals surface area contributed by atoms with E-state index in [1.54, 1.807) is 13.8 Å². The van der Waals surface area contributed by atoms with Crippen LogP contribution in [0.2, 0.25) is 0 Å². The zero-order valence-corrected chi connectivity index (χ0v) is 12.8. The fourth-order valence-corrected chi connectivity index (χ4v) is 2.34. The molecule has 2 heterocycles. The van der Waals surface area contributed by atoms with Gasteiger partial charge >= 0.3 is 17.6 Å². The topological polar surface area (TPSA) is 128 Å². The predicted octanol–water partition coefficient (Wildman–Crippen LogP) is -0.0710. The van der Waals surface area contributed by atoms with E-state index in [0.29, 0.717) is 5.56 Å². The summed E-state index contributed by atoms with van der Waals surface area (Å²) in [6.45, 7) is 3.26. The molecule has 1 aromatic rings. The number of aryl methyl sites for hydroxylation is 1. The van der Waals surface area contributed by atoms with Crippen molar-refractivity contribution in [2.45, 2.75) is 51.5 Å². The Hall–Kier alpha value is -2.42. The number of aliphatic carboxylic acids is 1. The lowest BCUT2D eigenvalue weighted by Gasteiger charge is -2.14. The minimum Gasteiger partial charge on any atom is -0.481 e. The van der Waals surface area contributed by atoms with Gasteiger partial charge < -0.3 is 14.6 Å². The number of esters is 1. The van der Waals surface area contributed by atoms with Crippen LogP contribution in [0.4, 0.5) is 0 Å². The molecule has 9 heteroatoms. The van der Waals surface area contributed by atoms with Gasteiger partial charge in [-0.3, -0.25) is 23.9 Å². The molecule has 0 radical (unpaired) electrons. The van der Waals surface area contributed by atoms with Crippen LogP contribution in [-0.2, 0) is 19.1 Å². The van der Waals surface area contributed by atoms with Crippen LogP contribution < -0.4 is 11.2 Å². The molecule has 0 aromatic carbocycles. The zero-order valence-electron chi connectivity index (χ0n) is 12.8. The minimum absolute atomic E-state index is 0.221. The normalized spacial score (nSPS) is 23.7.